The van der Waals surface area contributed by atoms with Crippen molar-refractivity contribution in [2.75, 3.05) is 19.8 Å². The summed E-state index contributed by atoms with van der Waals surface area (Å²) in [7, 11) is 0. The largest absolute Gasteiger partial charge is 0.464 e. The van der Waals surface area contributed by atoms with Crippen LogP contribution >= 0.6 is 0 Å². The number of carbonyl (C=O) groups is 2. The van der Waals surface area contributed by atoms with Crippen molar-refractivity contribution in [3.63, 3.8) is 0 Å². The van der Waals surface area contributed by atoms with E-state index >= 15 is 0 Å². The maximum atomic E-state index is 12.2. The Bertz CT molecular complexity index is 639. The Kier molecular flexibility index (Phi) is 34.6. The van der Waals surface area contributed by atoms with Crippen LogP contribution in [0.15, 0.2) is 12.2 Å². The minimum Gasteiger partial charge on any atom is -0.464 e. The van der Waals surface area contributed by atoms with E-state index in [1.54, 1.807) is 0 Å². The van der Waals surface area contributed by atoms with Gasteiger partial charge >= 0.3 is 12.1 Å². The second-order valence-corrected chi connectivity index (χ2v) is 12.7. The molecule has 44 heavy (non-hydrogen) atoms. The van der Waals surface area contributed by atoms with Crippen molar-refractivity contribution < 1.29 is 24.2 Å². The number of aliphatic hydroxyl groups excluding tert-OH is 1. The van der Waals surface area contributed by atoms with Gasteiger partial charge in [-0.15, -0.1) is 0 Å². The van der Waals surface area contributed by atoms with Gasteiger partial charge in [-0.3, -0.25) is 0 Å². The molecule has 1 unspecified atom stereocenters. The van der Waals surface area contributed by atoms with Gasteiger partial charge in [-0.25, -0.2) is 9.59 Å². The van der Waals surface area contributed by atoms with Crippen molar-refractivity contribution in [1.82, 2.24) is 5.32 Å². The number of allylic oxidation sites excluding steroid dienone is 2. The molecule has 0 aliphatic heterocycles. The topological polar surface area (TPSA) is 84.9 Å². The molecular formula is C38H73NO5. The van der Waals surface area contributed by atoms with Gasteiger partial charge in [0.2, 0.25) is 0 Å². The first-order valence-electron chi connectivity index (χ1n) is 19.0. The number of rotatable bonds is 34. The summed E-state index contributed by atoms with van der Waals surface area (Å²) in [6, 6.07) is -1.08. The van der Waals surface area contributed by atoms with E-state index in [9.17, 15) is 14.7 Å². The molecule has 0 aromatic heterocycles. The number of alkyl carbamates (subject to hydrolysis) is 1. The van der Waals surface area contributed by atoms with Crippen molar-refractivity contribution in [3.05, 3.63) is 12.2 Å². The van der Waals surface area contributed by atoms with Gasteiger partial charge < -0.3 is 19.9 Å². The molecule has 0 aliphatic carbocycles. The third kappa shape index (κ3) is 31.9. The molecule has 0 saturated heterocycles. The summed E-state index contributed by atoms with van der Waals surface area (Å²) in [4.78, 5) is 24.3. The molecule has 1 amide bonds. The smallest absolute Gasteiger partial charge is 0.407 e. The molecule has 0 bridgehead atoms. The van der Waals surface area contributed by atoms with Gasteiger partial charge in [-0.1, -0.05) is 167 Å². The summed E-state index contributed by atoms with van der Waals surface area (Å²) < 4.78 is 10.5. The van der Waals surface area contributed by atoms with E-state index in [1.807, 2.05) is 0 Å². The molecule has 0 aromatic rings. The van der Waals surface area contributed by atoms with Gasteiger partial charge in [0.05, 0.1) is 19.8 Å². The highest BCUT2D eigenvalue weighted by Gasteiger charge is 2.22. The average Bonchev–Trinajstić information content (AvgIpc) is 3.03. The fourth-order valence-corrected chi connectivity index (χ4v) is 5.45. The van der Waals surface area contributed by atoms with Gasteiger partial charge in [0.1, 0.15) is 0 Å². The standard InChI is InChI=1S/C38H73NO5/c1-3-5-7-9-11-13-15-17-19-20-22-24-26-28-30-32-34-44-38(42)39-36(35-40)37(41)43-33-31-29-27-25-23-21-18-16-14-12-10-8-6-4-2/h17,19,36,40H,3-16,18,20-35H2,1-2H3,(H,39,42)/b19-17-. The van der Waals surface area contributed by atoms with Crippen LogP contribution in [-0.4, -0.2) is 43.0 Å². The first-order chi connectivity index (χ1) is 21.7. The zero-order chi connectivity index (χ0) is 32.2. The van der Waals surface area contributed by atoms with Gasteiger partial charge in [-0.2, -0.15) is 0 Å². The number of carbonyl (C=O) groups excluding carboxylic acids is 2. The molecule has 1 atom stereocenters. The molecule has 0 saturated carbocycles. The minimum atomic E-state index is -1.08. The summed E-state index contributed by atoms with van der Waals surface area (Å²) in [5.74, 6) is -0.601. The maximum Gasteiger partial charge on any atom is 0.407 e. The fraction of sp³-hybridized carbons (Fsp3) is 0.895. The van der Waals surface area contributed by atoms with Crippen LogP contribution in [-0.2, 0) is 14.3 Å². The average molecular weight is 624 g/mol. The Morgan fingerprint density at radius 3 is 1.25 bits per heavy atom. The Labute approximate surface area is 272 Å². The number of amides is 1. The molecular weight excluding hydrogens is 550 g/mol. The van der Waals surface area contributed by atoms with Crippen LogP contribution in [0.4, 0.5) is 4.79 Å². The monoisotopic (exact) mass is 624 g/mol. The van der Waals surface area contributed by atoms with E-state index in [-0.39, 0.29) is 0 Å². The fourth-order valence-electron chi connectivity index (χ4n) is 5.45. The molecule has 6 heteroatoms. The zero-order valence-corrected chi connectivity index (χ0v) is 29.2. The van der Waals surface area contributed by atoms with Crippen molar-refractivity contribution in [3.8, 4) is 0 Å². The molecule has 0 fully saturated rings. The second kappa shape index (κ2) is 35.9. The summed E-state index contributed by atoms with van der Waals surface area (Å²) >= 11 is 0. The maximum absolute atomic E-state index is 12.2. The highest BCUT2D eigenvalue weighted by Crippen LogP contribution is 2.13. The number of nitrogens with one attached hydrogen (secondary N) is 1. The minimum absolute atomic E-state index is 0.319. The van der Waals surface area contributed by atoms with Gasteiger partial charge in [0.15, 0.2) is 6.04 Å². The Hall–Kier alpha value is -1.56. The van der Waals surface area contributed by atoms with E-state index in [1.165, 1.54) is 141 Å². The predicted molar refractivity (Wildman–Crippen MR) is 186 cm³/mol. The third-order valence-electron chi connectivity index (χ3n) is 8.39. The van der Waals surface area contributed by atoms with E-state index < -0.39 is 24.7 Å². The molecule has 0 radical (unpaired) electrons. The third-order valence-corrected chi connectivity index (χ3v) is 8.39. The molecule has 260 valence electrons. The first-order valence-corrected chi connectivity index (χ1v) is 19.0. The van der Waals surface area contributed by atoms with Crippen molar-refractivity contribution in [2.24, 2.45) is 0 Å². The van der Waals surface area contributed by atoms with Crippen LogP contribution < -0.4 is 5.32 Å². The van der Waals surface area contributed by atoms with Crippen molar-refractivity contribution in [1.29, 1.82) is 0 Å². The van der Waals surface area contributed by atoms with E-state index in [0.717, 1.165) is 38.5 Å². The molecule has 0 aromatic carbocycles. The van der Waals surface area contributed by atoms with Crippen LogP contribution in [0.5, 0.6) is 0 Å². The number of hydrogen-bond acceptors (Lipinski definition) is 5. The molecule has 0 spiro atoms. The van der Waals surface area contributed by atoms with Crippen molar-refractivity contribution >= 4 is 12.1 Å². The van der Waals surface area contributed by atoms with Gasteiger partial charge in [0, 0.05) is 0 Å². The molecule has 6 nitrogen and oxygen atoms in total. The van der Waals surface area contributed by atoms with Crippen LogP contribution in [0.1, 0.15) is 194 Å². The summed E-state index contributed by atoms with van der Waals surface area (Å²) in [6.45, 7) is 4.66. The molecule has 0 heterocycles. The quantitative estimate of drug-likeness (QED) is 0.0423. The highest BCUT2D eigenvalue weighted by atomic mass is 16.6. The van der Waals surface area contributed by atoms with E-state index in [0.29, 0.717) is 13.2 Å². The van der Waals surface area contributed by atoms with Gasteiger partial charge in [0.25, 0.3) is 0 Å². The number of hydrogen-bond donors (Lipinski definition) is 2. The first kappa shape index (κ1) is 42.4. The highest BCUT2D eigenvalue weighted by molar-refractivity contribution is 5.81. The number of esters is 1. The second-order valence-electron chi connectivity index (χ2n) is 12.7. The summed E-state index contributed by atoms with van der Waals surface area (Å²) in [6.07, 6.45) is 39.0. The normalized spacial score (nSPS) is 12.1. The Balaban J connectivity index is 3.54. The SMILES string of the molecule is CCCCCCCC/C=C\CCCCCCCCOC(=O)NC(CO)C(=O)OCCCCCCCCCCCCCCCC. The van der Waals surface area contributed by atoms with E-state index in [4.69, 9.17) is 9.47 Å². The lowest BCUT2D eigenvalue weighted by molar-refractivity contribution is -0.147. The number of unbranched alkanes of at least 4 members (excludes halogenated alkanes) is 25. The zero-order valence-electron chi connectivity index (χ0n) is 29.2. The number of aliphatic hydroxyl groups is 1. The molecule has 2 N–H and O–H groups in total. The predicted octanol–water partition coefficient (Wildman–Crippen LogP) is 11.1. The summed E-state index contributed by atoms with van der Waals surface area (Å²) in [5, 5.41) is 11.9. The Morgan fingerprint density at radius 1 is 0.523 bits per heavy atom. The van der Waals surface area contributed by atoms with Crippen LogP contribution in [0.3, 0.4) is 0 Å². The van der Waals surface area contributed by atoms with Gasteiger partial charge in [-0.05, 0) is 38.5 Å². The lowest BCUT2D eigenvalue weighted by atomic mass is 10.0. The molecule has 0 aliphatic rings. The van der Waals surface area contributed by atoms with Crippen LogP contribution in [0.2, 0.25) is 0 Å². The van der Waals surface area contributed by atoms with Crippen LogP contribution in [0.25, 0.3) is 0 Å². The lowest BCUT2D eigenvalue weighted by Gasteiger charge is -2.15. The lowest BCUT2D eigenvalue weighted by Crippen LogP contribution is -2.44. The van der Waals surface area contributed by atoms with E-state index in [2.05, 4.69) is 31.3 Å². The van der Waals surface area contributed by atoms with Crippen molar-refractivity contribution in [2.45, 2.75) is 200 Å². The summed E-state index contributed by atoms with van der Waals surface area (Å²) in [5.41, 5.74) is 0. The molecule has 0 rings (SSSR count). The van der Waals surface area contributed by atoms with Crippen LogP contribution in [0, 0.1) is 0 Å². The Morgan fingerprint density at radius 2 is 0.864 bits per heavy atom. The number of ether oxygens (including phenoxy) is 2.